The maximum Gasteiger partial charge on any atom is 0.320 e. The number of carbonyl (C=O) groups excluding carboxylic acids is 1. The van der Waals surface area contributed by atoms with E-state index in [2.05, 4.69) is 15.7 Å². The number of aliphatic hydroxyl groups excluding tert-OH is 1. The van der Waals surface area contributed by atoms with Crippen LogP contribution in [0.3, 0.4) is 0 Å². The van der Waals surface area contributed by atoms with Crippen molar-refractivity contribution in [2.24, 2.45) is 5.92 Å². The molecule has 2 rings (SSSR count). The molecule has 0 saturated carbocycles. The quantitative estimate of drug-likeness (QED) is 0.792. The van der Waals surface area contributed by atoms with Crippen LogP contribution in [-0.4, -0.2) is 33.6 Å². The average molecular weight is 320 g/mol. The summed E-state index contributed by atoms with van der Waals surface area (Å²) in [6.07, 6.45) is 0. The Balaban J connectivity index is 2.08. The Hall–Kier alpha value is -2.41. The fraction of sp³-hybridized carbons (Fsp3) is 0.375. The Morgan fingerprint density at radius 2 is 2.13 bits per heavy atom. The monoisotopic (exact) mass is 320 g/mol. The Morgan fingerprint density at radius 1 is 1.39 bits per heavy atom. The van der Waals surface area contributed by atoms with Gasteiger partial charge in [0, 0.05) is 24.4 Å². The van der Waals surface area contributed by atoms with Crippen LogP contribution in [0.1, 0.15) is 19.5 Å². The first-order valence-electron chi connectivity index (χ1n) is 7.41. The van der Waals surface area contributed by atoms with Crippen LogP contribution in [0.4, 0.5) is 15.0 Å². The fourth-order valence-electron chi connectivity index (χ4n) is 2.06. The molecular formula is C16H21FN4O2. The number of aromatic nitrogens is 2. The lowest BCUT2D eigenvalue weighted by Crippen LogP contribution is -2.40. The predicted octanol–water partition coefficient (Wildman–Crippen LogP) is 2.46. The molecule has 0 bridgehead atoms. The average Bonchev–Trinajstić information content (AvgIpc) is 2.86. The van der Waals surface area contributed by atoms with Gasteiger partial charge in [-0.05, 0) is 38.0 Å². The van der Waals surface area contributed by atoms with Crippen molar-refractivity contribution in [3.63, 3.8) is 0 Å². The van der Waals surface area contributed by atoms with E-state index in [9.17, 15) is 9.18 Å². The lowest BCUT2D eigenvalue weighted by atomic mass is 10.1. The molecular weight excluding hydrogens is 299 g/mol. The summed E-state index contributed by atoms with van der Waals surface area (Å²) in [5.74, 6) is -0.0306. The molecule has 6 nitrogen and oxygen atoms in total. The lowest BCUT2D eigenvalue weighted by Gasteiger charge is -2.18. The molecule has 2 atom stereocenters. The topological polar surface area (TPSA) is 79.2 Å². The Morgan fingerprint density at radius 3 is 2.78 bits per heavy atom. The number of aryl methyl sites for hydroxylation is 1. The zero-order valence-electron chi connectivity index (χ0n) is 13.4. The van der Waals surface area contributed by atoms with Gasteiger partial charge in [-0.25, -0.2) is 13.9 Å². The summed E-state index contributed by atoms with van der Waals surface area (Å²) < 4.78 is 14.9. The first-order chi connectivity index (χ1) is 10.9. The number of hydrogen-bond acceptors (Lipinski definition) is 3. The second-order valence-corrected chi connectivity index (χ2v) is 5.61. The SMILES string of the molecule is Cc1cc(NC(=O)N[C@@H](C)[C@@H](C)CO)nn1-c1cccc(F)c1. The van der Waals surface area contributed by atoms with Gasteiger partial charge in [-0.2, -0.15) is 0 Å². The number of amides is 2. The number of aliphatic hydroxyl groups is 1. The maximum atomic E-state index is 13.3. The summed E-state index contributed by atoms with van der Waals surface area (Å²) in [6.45, 7) is 5.47. The molecule has 0 radical (unpaired) electrons. The van der Waals surface area contributed by atoms with Crippen LogP contribution >= 0.6 is 0 Å². The molecule has 1 aromatic heterocycles. The molecule has 124 valence electrons. The summed E-state index contributed by atoms with van der Waals surface area (Å²) >= 11 is 0. The van der Waals surface area contributed by atoms with E-state index >= 15 is 0 Å². The second kappa shape index (κ2) is 7.23. The van der Waals surface area contributed by atoms with Gasteiger partial charge >= 0.3 is 6.03 Å². The van der Waals surface area contributed by atoms with E-state index in [4.69, 9.17) is 5.11 Å². The van der Waals surface area contributed by atoms with E-state index in [1.165, 1.54) is 12.1 Å². The van der Waals surface area contributed by atoms with Crippen molar-refractivity contribution < 1.29 is 14.3 Å². The molecule has 23 heavy (non-hydrogen) atoms. The minimum Gasteiger partial charge on any atom is -0.396 e. The molecule has 0 unspecified atom stereocenters. The molecule has 2 aromatic rings. The van der Waals surface area contributed by atoms with Gasteiger partial charge in [-0.15, -0.1) is 5.10 Å². The molecule has 0 fully saturated rings. The lowest BCUT2D eigenvalue weighted by molar-refractivity contribution is 0.204. The fourth-order valence-corrected chi connectivity index (χ4v) is 2.06. The van der Waals surface area contributed by atoms with Gasteiger partial charge in [0.2, 0.25) is 0 Å². The van der Waals surface area contributed by atoms with Crippen molar-refractivity contribution in [3.8, 4) is 5.69 Å². The summed E-state index contributed by atoms with van der Waals surface area (Å²) in [7, 11) is 0. The number of rotatable bonds is 5. The van der Waals surface area contributed by atoms with Gasteiger partial charge in [0.15, 0.2) is 5.82 Å². The number of urea groups is 1. The van der Waals surface area contributed by atoms with Crippen molar-refractivity contribution in [3.05, 3.63) is 41.8 Å². The van der Waals surface area contributed by atoms with Crippen molar-refractivity contribution in [2.75, 3.05) is 11.9 Å². The van der Waals surface area contributed by atoms with E-state index in [0.29, 0.717) is 11.5 Å². The van der Waals surface area contributed by atoms with E-state index < -0.39 is 6.03 Å². The van der Waals surface area contributed by atoms with E-state index in [1.807, 2.05) is 20.8 Å². The summed E-state index contributed by atoms with van der Waals surface area (Å²) in [4.78, 5) is 11.9. The van der Waals surface area contributed by atoms with Crippen molar-refractivity contribution in [2.45, 2.75) is 26.8 Å². The summed E-state index contributed by atoms with van der Waals surface area (Å²) in [6, 6.07) is 7.19. The molecule has 0 aliphatic heterocycles. The third kappa shape index (κ3) is 4.29. The largest absolute Gasteiger partial charge is 0.396 e. The number of nitrogens with one attached hydrogen (secondary N) is 2. The highest BCUT2D eigenvalue weighted by Crippen LogP contribution is 2.16. The Labute approximate surface area is 134 Å². The molecule has 0 spiro atoms. The minimum absolute atomic E-state index is 0.00521. The third-order valence-electron chi connectivity index (χ3n) is 3.68. The first-order valence-corrected chi connectivity index (χ1v) is 7.41. The van der Waals surface area contributed by atoms with Crippen LogP contribution in [0.15, 0.2) is 30.3 Å². The zero-order chi connectivity index (χ0) is 17.0. The van der Waals surface area contributed by atoms with Crippen LogP contribution in [0.25, 0.3) is 5.69 Å². The minimum atomic E-state index is -0.401. The van der Waals surface area contributed by atoms with E-state index in [0.717, 1.165) is 5.69 Å². The van der Waals surface area contributed by atoms with Crippen molar-refractivity contribution in [1.29, 1.82) is 0 Å². The molecule has 1 heterocycles. The molecule has 0 aliphatic rings. The normalized spacial score (nSPS) is 13.4. The smallest absolute Gasteiger partial charge is 0.320 e. The second-order valence-electron chi connectivity index (χ2n) is 5.61. The molecule has 3 N–H and O–H groups in total. The summed E-state index contributed by atoms with van der Waals surface area (Å²) in [5.41, 5.74) is 1.35. The van der Waals surface area contributed by atoms with Gasteiger partial charge in [-0.1, -0.05) is 13.0 Å². The molecule has 1 aromatic carbocycles. The van der Waals surface area contributed by atoms with E-state index in [1.54, 1.807) is 22.9 Å². The number of hydrogen-bond donors (Lipinski definition) is 3. The van der Waals surface area contributed by atoms with Crippen LogP contribution in [0.5, 0.6) is 0 Å². The van der Waals surface area contributed by atoms with Gasteiger partial charge in [0.25, 0.3) is 0 Å². The van der Waals surface area contributed by atoms with Gasteiger partial charge in [0.1, 0.15) is 5.82 Å². The van der Waals surface area contributed by atoms with E-state index in [-0.39, 0.29) is 24.4 Å². The van der Waals surface area contributed by atoms with Crippen molar-refractivity contribution in [1.82, 2.24) is 15.1 Å². The standard InChI is InChI=1S/C16H21FN4O2/c1-10(9-22)12(3)18-16(23)19-15-7-11(2)21(20-15)14-6-4-5-13(17)8-14/h4-8,10,12,22H,9H2,1-3H3,(H2,18,19,20,23)/t10-,12-/m0/s1. The Bertz CT molecular complexity index is 686. The first kappa shape index (κ1) is 17.0. The molecule has 0 aliphatic carbocycles. The van der Waals surface area contributed by atoms with Gasteiger partial charge < -0.3 is 10.4 Å². The van der Waals surface area contributed by atoms with Crippen LogP contribution in [0, 0.1) is 18.7 Å². The molecule has 0 saturated heterocycles. The van der Waals surface area contributed by atoms with Crippen LogP contribution in [-0.2, 0) is 0 Å². The Kier molecular flexibility index (Phi) is 5.33. The van der Waals surface area contributed by atoms with Crippen LogP contribution < -0.4 is 10.6 Å². The highest BCUT2D eigenvalue weighted by Gasteiger charge is 2.15. The zero-order valence-corrected chi connectivity index (χ0v) is 13.4. The molecule has 2 amide bonds. The molecule has 7 heteroatoms. The van der Waals surface area contributed by atoms with Crippen LogP contribution in [0.2, 0.25) is 0 Å². The summed E-state index contributed by atoms with van der Waals surface area (Å²) in [5, 5.41) is 18.7. The predicted molar refractivity (Wildman–Crippen MR) is 86.1 cm³/mol. The van der Waals surface area contributed by atoms with Crippen molar-refractivity contribution >= 4 is 11.8 Å². The number of carbonyl (C=O) groups is 1. The number of nitrogens with zero attached hydrogens (tertiary/aromatic N) is 2. The number of anilines is 1. The highest BCUT2D eigenvalue weighted by atomic mass is 19.1. The van der Waals surface area contributed by atoms with Gasteiger partial charge in [-0.3, -0.25) is 5.32 Å². The van der Waals surface area contributed by atoms with Gasteiger partial charge in [0.05, 0.1) is 5.69 Å². The third-order valence-corrected chi connectivity index (χ3v) is 3.68. The number of benzene rings is 1. The maximum absolute atomic E-state index is 13.3. The number of halogens is 1. The highest BCUT2D eigenvalue weighted by molar-refractivity contribution is 5.88.